The number of alkyl halides is 3. The number of fused-ring (bicyclic) bond motifs is 2. The van der Waals surface area contributed by atoms with E-state index in [9.17, 15) is 37.1 Å². The van der Waals surface area contributed by atoms with Gasteiger partial charge in [-0.05, 0) is 81.0 Å². The number of nitrogens with zero attached hydrogens (tertiary/aromatic N) is 1. The zero-order valence-electron chi connectivity index (χ0n) is 23.7. The molecule has 2 aromatic carbocycles. The van der Waals surface area contributed by atoms with E-state index >= 15 is 0 Å². The molecule has 2 aromatic rings. The predicted octanol–water partition coefficient (Wildman–Crippen LogP) is 5.53. The van der Waals surface area contributed by atoms with E-state index < -0.39 is 64.9 Å². The fourth-order valence-corrected chi connectivity index (χ4v) is 6.86. The molecule has 2 bridgehead atoms. The number of carbonyl (C=O) groups is 3. The average molecular weight is 618 g/mol. The number of anilines is 1. The molecule has 3 fully saturated rings. The van der Waals surface area contributed by atoms with Crippen molar-refractivity contribution >= 4 is 23.5 Å². The number of aliphatic carboxylic acids is 1. The summed E-state index contributed by atoms with van der Waals surface area (Å²) >= 11 is 0. The first-order valence-corrected chi connectivity index (χ1v) is 14.4. The number of carboxylic acids is 1. The molecular weight excluding hydrogens is 586 g/mol. The summed E-state index contributed by atoms with van der Waals surface area (Å²) in [5.74, 6) is -4.39. The van der Waals surface area contributed by atoms with Crippen LogP contribution >= 0.6 is 0 Å². The van der Waals surface area contributed by atoms with Gasteiger partial charge >= 0.3 is 12.1 Å². The van der Waals surface area contributed by atoms with Gasteiger partial charge in [0.15, 0.2) is 11.6 Å². The molecule has 3 saturated carbocycles. The summed E-state index contributed by atoms with van der Waals surface area (Å²) in [6.45, 7) is 0. The highest BCUT2D eigenvalue weighted by Gasteiger charge is 2.51. The quantitative estimate of drug-likeness (QED) is 0.331. The Labute approximate surface area is 250 Å². The van der Waals surface area contributed by atoms with E-state index in [1.165, 1.54) is 25.3 Å². The first-order chi connectivity index (χ1) is 20.9. The van der Waals surface area contributed by atoms with Crippen molar-refractivity contribution in [2.24, 2.45) is 23.7 Å². The van der Waals surface area contributed by atoms with Crippen LogP contribution in [-0.4, -0.2) is 42.1 Å². The summed E-state index contributed by atoms with van der Waals surface area (Å²) < 4.78 is 66.4. The molecule has 3 aliphatic carbocycles. The molecule has 3 aliphatic rings. The second kappa shape index (κ2) is 12.3. The maximum absolute atomic E-state index is 14.9. The third kappa shape index (κ3) is 6.30. The van der Waals surface area contributed by atoms with Crippen molar-refractivity contribution in [1.29, 1.82) is 5.26 Å². The van der Waals surface area contributed by atoms with E-state index in [1.807, 2.05) is 0 Å². The van der Waals surface area contributed by atoms with Crippen LogP contribution < -0.4 is 20.1 Å². The van der Waals surface area contributed by atoms with Crippen LogP contribution in [0.15, 0.2) is 30.3 Å². The van der Waals surface area contributed by atoms with Crippen LogP contribution in [0.1, 0.15) is 66.4 Å². The molecule has 5 rings (SSSR count). The van der Waals surface area contributed by atoms with Crippen LogP contribution in [0.3, 0.4) is 0 Å². The van der Waals surface area contributed by atoms with E-state index in [0.29, 0.717) is 32.1 Å². The zero-order valence-corrected chi connectivity index (χ0v) is 23.7. The van der Waals surface area contributed by atoms with E-state index in [-0.39, 0.29) is 34.6 Å². The number of hydrogen-bond donors (Lipinski definition) is 3. The minimum absolute atomic E-state index is 0.0213. The smallest absolute Gasteiger partial charge is 0.417 e. The Morgan fingerprint density at radius 3 is 2.34 bits per heavy atom. The molecule has 0 aromatic heterocycles. The standard InChI is InChI=1S/C31H31F4N3O6/c1-43-24-13-23(32)25(44-20-8-5-15(6-9-20)30(41)42)12-21(24)28(39)38-27-17-3-2-16(10-17)26(27)29(40)37-19-7-4-18(14-36)22(11-19)31(33,34)35/h4,7,11-13,15-17,20,26-27H,2-3,5-6,8-10H2,1H3,(H,37,40)(H,38,39)(H,41,42). The third-order valence-corrected chi connectivity index (χ3v) is 9.05. The Kier molecular flexibility index (Phi) is 8.72. The fourth-order valence-electron chi connectivity index (χ4n) is 6.86. The summed E-state index contributed by atoms with van der Waals surface area (Å²) in [5, 5.41) is 23.7. The van der Waals surface area contributed by atoms with Crippen LogP contribution in [0.5, 0.6) is 11.5 Å². The number of halogens is 4. The summed E-state index contributed by atoms with van der Waals surface area (Å²) in [5.41, 5.74) is -1.86. The monoisotopic (exact) mass is 617 g/mol. The van der Waals surface area contributed by atoms with Crippen LogP contribution in [-0.2, 0) is 15.8 Å². The summed E-state index contributed by atoms with van der Waals surface area (Å²) in [7, 11) is 1.28. The Morgan fingerprint density at radius 1 is 1.00 bits per heavy atom. The Morgan fingerprint density at radius 2 is 1.70 bits per heavy atom. The molecule has 3 N–H and O–H groups in total. The highest BCUT2D eigenvalue weighted by atomic mass is 19.4. The van der Waals surface area contributed by atoms with Gasteiger partial charge in [-0.15, -0.1) is 0 Å². The van der Waals surface area contributed by atoms with Crippen LogP contribution in [0.4, 0.5) is 23.2 Å². The summed E-state index contributed by atoms with van der Waals surface area (Å²) in [6.07, 6.45) is -1.49. The number of carbonyl (C=O) groups excluding carboxylic acids is 2. The van der Waals surface area contributed by atoms with Crippen molar-refractivity contribution < 1.29 is 46.5 Å². The lowest BCUT2D eigenvalue weighted by molar-refractivity contribution is -0.143. The van der Waals surface area contributed by atoms with Crippen molar-refractivity contribution in [3.8, 4) is 17.6 Å². The van der Waals surface area contributed by atoms with E-state index in [2.05, 4.69) is 10.6 Å². The number of benzene rings is 2. The number of nitriles is 1. The molecular formula is C31H31F4N3O6. The van der Waals surface area contributed by atoms with E-state index in [1.54, 1.807) is 0 Å². The number of hydrogen-bond acceptors (Lipinski definition) is 6. The van der Waals surface area contributed by atoms with Gasteiger partial charge in [-0.2, -0.15) is 18.4 Å². The van der Waals surface area contributed by atoms with Gasteiger partial charge in [0.2, 0.25) is 5.91 Å². The SMILES string of the molecule is COc1cc(F)c(OC2CCC(C(=O)O)CC2)cc1C(=O)NC1C2CCC(C2)C1C(=O)Nc1ccc(C#N)c(C(F)(F)F)c1. The van der Waals surface area contributed by atoms with Crippen LogP contribution in [0.25, 0.3) is 0 Å². The molecule has 0 aliphatic heterocycles. The molecule has 0 radical (unpaired) electrons. The topological polar surface area (TPSA) is 138 Å². The molecule has 9 nitrogen and oxygen atoms in total. The Hall–Kier alpha value is -4.34. The van der Waals surface area contributed by atoms with E-state index in [4.69, 9.17) is 14.7 Å². The number of carboxylic acid groups (broad SMARTS) is 1. The number of nitrogens with one attached hydrogen (secondary N) is 2. The number of methoxy groups -OCH3 is 1. The van der Waals surface area contributed by atoms with Gasteiger partial charge in [0, 0.05) is 17.8 Å². The molecule has 13 heteroatoms. The minimum Gasteiger partial charge on any atom is -0.496 e. The first kappa shape index (κ1) is 31.1. The molecule has 4 atom stereocenters. The predicted molar refractivity (Wildman–Crippen MR) is 147 cm³/mol. The lowest BCUT2D eigenvalue weighted by Gasteiger charge is -2.31. The van der Waals surface area contributed by atoms with Crippen LogP contribution in [0.2, 0.25) is 0 Å². The van der Waals surface area contributed by atoms with Crippen molar-refractivity contribution in [3.05, 3.63) is 52.8 Å². The first-order valence-electron chi connectivity index (χ1n) is 14.4. The Balaban J connectivity index is 1.33. The lowest BCUT2D eigenvalue weighted by atomic mass is 9.83. The van der Waals surface area contributed by atoms with Crippen LogP contribution in [0, 0.1) is 40.8 Å². The van der Waals surface area contributed by atoms with Gasteiger partial charge in [0.05, 0.1) is 47.8 Å². The molecule has 0 heterocycles. The van der Waals surface area contributed by atoms with Crippen molar-refractivity contribution in [1.82, 2.24) is 5.32 Å². The number of rotatable bonds is 8. The van der Waals surface area contributed by atoms with Gasteiger partial charge in [-0.3, -0.25) is 14.4 Å². The molecule has 234 valence electrons. The number of amides is 2. The second-order valence-corrected chi connectivity index (χ2v) is 11.6. The Bertz CT molecular complexity index is 1500. The van der Waals surface area contributed by atoms with Gasteiger partial charge < -0.3 is 25.2 Å². The minimum atomic E-state index is -4.79. The zero-order chi connectivity index (χ0) is 31.8. The molecule has 44 heavy (non-hydrogen) atoms. The molecule has 0 saturated heterocycles. The molecule has 0 spiro atoms. The fraction of sp³-hybridized carbons (Fsp3) is 0.484. The van der Waals surface area contributed by atoms with Gasteiger partial charge in [-0.1, -0.05) is 0 Å². The van der Waals surface area contributed by atoms with E-state index in [0.717, 1.165) is 31.0 Å². The molecule has 4 unspecified atom stereocenters. The van der Waals surface area contributed by atoms with Crippen molar-refractivity contribution in [2.75, 3.05) is 12.4 Å². The molecule has 2 amide bonds. The maximum Gasteiger partial charge on any atom is 0.417 e. The van der Waals surface area contributed by atoms with Gasteiger partial charge in [0.1, 0.15) is 5.75 Å². The summed E-state index contributed by atoms with van der Waals surface area (Å²) in [4.78, 5) is 38.2. The van der Waals surface area contributed by atoms with Crippen molar-refractivity contribution in [2.45, 2.75) is 63.3 Å². The highest BCUT2D eigenvalue weighted by molar-refractivity contribution is 5.99. The highest BCUT2D eigenvalue weighted by Crippen LogP contribution is 2.49. The maximum atomic E-state index is 14.9. The lowest BCUT2D eigenvalue weighted by Crippen LogP contribution is -2.48. The van der Waals surface area contributed by atoms with Gasteiger partial charge in [-0.25, -0.2) is 4.39 Å². The third-order valence-electron chi connectivity index (χ3n) is 9.05. The number of ether oxygens (including phenoxy) is 2. The largest absolute Gasteiger partial charge is 0.496 e. The second-order valence-electron chi connectivity index (χ2n) is 11.6. The summed E-state index contributed by atoms with van der Waals surface area (Å²) in [6, 6.07) is 6.07. The van der Waals surface area contributed by atoms with Crippen molar-refractivity contribution in [3.63, 3.8) is 0 Å². The normalized spacial score (nSPS) is 26.0. The average Bonchev–Trinajstić information content (AvgIpc) is 3.60. The van der Waals surface area contributed by atoms with Gasteiger partial charge in [0.25, 0.3) is 5.91 Å².